The Labute approximate surface area is 127 Å². The van der Waals surface area contributed by atoms with Crippen LogP contribution in [0, 0.1) is 0 Å². The number of carbonyl (C=O) groups excluding carboxylic acids is 3. The minimum Gasteiger partial charge on any atom is -0.370 e. The quantitative estimate of drug-likeness (QED) is 0.783. The number of amides is 3. The number of fused-ring (bicyclic) bond motifs is 1. The van der Waals surface area contributed by atoms with Crippen molar-refractivity contribution in [3.63, 3.8) is 0 Å². The molecule has 0 bridgehead atoms. The van der Waals surface area contributed by atoms with Gasteiger partial charge < -0.3 is 20.7 Å². The first-order chi connectivity index (χ1) is 10.5. The Balaban J connectivity index is 1.82. The van der Waals surface area contributed by atoms with Crippen molar-refractivity contribution in [1.82, 2.24) is 5.32 Å². The van der Waals surface area contributed by atoms with Crippen molar-refractivity contribution >= 4 is 23.4 Å². The van der Waals surface area contributed by atoms with E-state index < -0.39 is 12.0 Å². The molecule has 7 heteroatoms. The van der Waals surface area contributed by atoms with Gasteiger partial charge in [-0.25, -0.2) is 0 Å². The van der Waals surface area contributed by atoms with E-state index in [1.54, 1.807) is 4.90 Å². The van der Waals surface area contributed by atoms with Crippen LogP contribution >= 0.6 is 0 Å². The summed E-state index contributed by atoms with van der Waals surface area (Å²) >= 11 is 0. The highest BCUT2D eigenvalue weighted by Crippen LogP contribution is 2.25. The molecular formula is C15H17N3O4. The summed E-state index contributed by atoms with van der Waals surface area (Å²) in [7, 11) is 0. The fourth-order valence-corrected chi connectivity index (χ4v) is 2.77. The highest BCUT2D eigenvalue weighted by molar-refractivity contribution is 5.99. The van der Waals surface area contributed by atoms with Gasteiger partial charge in [0, 0.05) is 18.8 Å². The van der Waals surface area contributed by atoms with Crippen LogP contribution in [0.3, 0.4) is 0 Å². The Hall–Kier alpha value is -2.41. The van der Waals surface area contributed by atoms with Crippen LogP contribution in [0.2, 0.25) is 0 Å². The van der Waals surface area contributed by atoms with Gasteiger partial charge >= 0.3 is 0 Å². The lowest BCUT2D eigenvalue weighted by Crippen LogP contribution is -2.49. The first kappa shape index (κ1) is 14.5. The molecule has 2 aliphatic rings. The maximum Gasteiger partial charge on any atom is 0.256 e. The predicted molar refractivity (Wildman–Crippen MR) is 77.9 cm³/mol. The number of rotatable bonds is 3. The van der Waals surface area contributed by atoms with E-state index in [-0.39, 0.29) is 18.2 Å². The zero-order valence-corrected chi connectivity index (χ0v) is 12.0. The van der Waals surface area contributed by atoms with Crippen molar-refractivity contribution in [1.29, 1.82) is 0 Å². The standard InChI is InChI=1S/C15H17N3O4/c16-13(19)7-12-15(21)18(3-4-22-12)11-2-1-9-6-14(20)17-8-10(9)5-11/h1-2,5,12H,3-4,6-8H2,(H2,16,19)(H,17,20)/t12-/m1/s1. The van der Waals surface area contributed by atoms with Gasteiger partial charge in [-0.3, -0.25) is 14.4 Å². The molecule has 3 amide bonds. The van der Waals surface area contributed by atoms with E-state index in [4.69, 9.17) is 10.5 Å². The Morgan fingerprint density at radius 1 is 1.36 bits per heavy atom. The number of hydrogen-bond donors (Lipinski definition) is 2. The Bertz CT molecular complexity index is 644. The van der Waals surface area contributed by atoms with Gasteiger partial charge in [-0.05, 0) is 23.3 Å². The minimum atomic E-state index is -0.818. The number of anilines is 1. The fraction of sp³-hybridized carbons (Fsp3) is 0.400. The molecule has 0 spiro atoms. The van der Waals surface area contributed by atoms with Crippen molar-refractivity contribution in [3.8, 4) is 0 Å². The molecule has 1 aromatic rings. The molecule has 7 nitrogen and oxygen atoms in total. The van der Waals surface area contributed by atoms with Crippen LogP contribution in [0.1, 0.15) is 17.5 Å². The number of primary amides is 1. The lowest BCUT2D eigenvalue weighted by atomic mass is 9.99. The molecule has 1 fully saturated rings. The highest BCUT2D eigenvalue weighted by Gasteiger charge is 2.32. The number of ether oxygens (including phenoxy) is 1. The lowest BCUT2D eigenvalue weighted by molar-refractivity contribution is -0.138. The molecule has 0 aliphatic carbocycles. The van der Waals surface area contributed by atoms with Crippen LogP contribution in [-0.4, -0.2) is 37.0 Å². The number of carbonyl (C=O) groups is 3. The van der Waals surface area contributed by atoms with Crippen molar-refractivity contribution in [2.75, 3.05) is 18.1 Å². The molecular weight excluding hydrogens is 286 g/mol. The summed E-state index contributed by atoms with van der Waals surface area (Å²) in [6.07, 6.45) is -0.574. The first-order valence-electron chi connectivity index (χ1n) is 7.14. The molecule has 0 saturated carbocycles. The molecule has 0 radical (unpaired) electrons. The minimum absolute atomic E-state index is 0.00391. The number of nitrogens with one attached hydrogen (secondary N) is 1. The van der Waals surface area contributed by atoms with Crippen molar-refractivity contribution in [2.45, 2.75) is 25.5 Å². The second-order valence-electron chi connectivity index (χ2n) is 5.43. The van der Waals surface area contributed by atoms with Gasteiger partial charge in [0.2, 0.25) is 11.8 Å². The molecule has 2 heterocycles. The number of hydrogen-bond acceptors (Lipinski definition) is 4. The van der Waals surface area contributed by atoms with Crippen molar-refractivity contribution in [2.24, 2.45) is 5.73 Å². The van der Waals surface area contributed by atoms with E-state index in [1.165, 1.54) is 0 Å². The van der Waals surface area contributed by atoms with Gasteiger partial charge in [0.1, 0.15) is 6.10 Å². The Morgan fingerprint density at radius 3 is 2.95 bits per heavy atom. The van der Waals surface area contributed by atoms with E-state index in [2.05, 4.69) is 5.32 Å². The maximum absolute atomic E-state index is 12.4. The van der Waals surface area contributed by atoms with Crippen molar-refractivity contribution < 1.29 is 19.1 Å². The lowest BCUT2D eigenvalue weighted by Gasteiger charge is -2.32. The van der Waals surface area contributed by atoms with Gasteiger partial charge in [-0.15, -0.1) is 0 Å². The third-order valence-corrected chi connectivity index (χ3v) is 3.89. The largest absolute Gasteiger partial charge is 0.370 e. The summed E-state index contributed by atoms with van der Waals surface area (Å²) in [5.41, 5.74) is 7.87. The van der Waals surface area contributed by atoms with Gasteiger partial charge in [0.05, 0.1) is 19.4 Å². The van der Waals surface area contributed by atoms with E-state index in [0.717, 1.165) is 16.8 Å². The second-order valence-corrected chi connectivity index (χ2v) is 5.43. The van der Waals surface area contributed by atoms with Crippen LogP contribution in [0.5, 0.6) is 0 Å². The molecule has 116 valence electrons. The zero-order valence-electron chi connectivity index (χ0n) is 12.0. The molecule has 22 heavy (non-hydrogen) atoms. The van der Waals surface area contributed by atoms with Crippen LogP contribution in [0.15, 0.2) is 18.2 Å². The molecule has 0 aromatic heterocycles. The van der Waals surface area contributed by atoms with E-state index in [9.17, 15) is 14.4 Å². The fourth-order valence-electron chi connectivity index (χ4n) is 2.77. The Morgan fingerprint density at radius 2 is 2.18 bits per heavy atom. The molecule has 1 aromatic carbocycles. The maximum atomic E-state index is 12.4. The highest BCUT2D eigenvalue weighted by atomic mass is 16.5. The Kier molecular flexibility index (Phi) is 3.81. The van der Waals surface area contributed by atoms with E-state index in [0.29, 0.717) is 26.1 Å². The van der Waals surface area contributed by atoms with E-state index >= 15 is 0 Å². The topological polar surface area (TPSA) is 102 Å². The van der Waals surface area contributed by atoms with E-state index in [1.807, 2.05) is 18.2 Å². The zero-order chi connectivity index (χ0) is 15.7. The average molecular weight is 303 g/mol. The van der Waals surface area contributed by atoms with Crippen LogP contribution < -0.4 is 16.0 Å². The average Bonchev–Trinajstić information content (AvgIpc) is 2.48. The van der Waals surface area contributed by atoms with Crippen LogP contribution in [0.25, 0.3) is 0 Å². The summed E-state index contributed by atoms with van der Waals surface area (Å²) in [4.78, 5) is 36.4. The number of nitrogens with zero attached hydrogens (tertiary/aromatic N) is 1. The summed E-state index contributed by atoms with van der Waals surface area (Å²) in [5.74, 6) is -0.817. The first-order valence-corrected chi connectivity index (χ1v) is 7.14. The number of nitrogens with two attached hydrogens (primary N) is 1. The third kappa shape index (κ3) is 2.80. The molecule has 1 atom stereocenters. The second kappa shape index (κ2) is 5.76. The molecule has 0 unspecified atom stereocenters. The summed E-state index contributed by atoms with van der Waals surface area (Å²) < 4.78 is 5.33. The SMILES string of the molecule is NC(=O)C[C@H]1OCCN(c2ccc3c(c2)CNC(=O)C3)C1=O. The number of benzene rings is 1. The van der Waals surface area contributed by atoms with Gasteiger partial charge in [0.25, 0.3) is 5.91 Å². The van der Waals surface area contributed by atoms with Crippen LogP contribution in [0.4, 0.5) is 5.69 Å². The van der Waals surface area contributed by atoms with Gasteiger partial charge in [0.15, 0.2) is 0 Å². The van der Waals surface area contributed by atoms with Gasteiger partial charge in [-0.2, -0.15) is 0 Å². The third-order valence-electron chi connectivity index (χ3n) is 3.89. The van der Waals surface area contributed by atoms with Gasteiger partial charge in [-0.1, -0.05) is 6.07 Å². The predicted octanol–water partition coefficient (Wildman–Crippen LogP) is -0.534. The summed E-state index contributed by atoms with van der Waals surface area (Å²) in [5, 5.41) is 2.79. The monoisotopic (exact) mass is 303 g/mol. The normalized spacial score (nSPS) is 21.3. The smallest absolute Gasteiger partial charge is 0.256 e. The summed E-state index contributed by atoms with van der Waals surface area (Å²) in [6, 6.07) is 5.59. The molecule has 1 saturated heterocycles. The molecule has 2 aliphatic heterocycles. The summed E-state index contributed by atoms with van der Waals surface area (Å²) in [6.45, 7) is 1.25. The number of morpholine rings is 1. The van der Waals surface area contributed by atoms with Crippen molar-refractivity contribution in [3.05, 3.63) is 29.3 Å². The molecule has 3 N–H and O–H groups in total. The molecule has 3 rings (SSSR count). The van der Waals surface area contributed by atoms with Crippen LogP contribution in [-0.2, 0) is 32.1 Å².